The summed E-state index contributed by atoms with van der Waals surface area (Å²) in [7, 11) is 1.63. The molecule has 1 aliphatic heterocycles. The van der Waals surface area contributed by atoms with Crippen LogP contribution in [0.25, 0.3) is 0 Å². The Bertz CT molecular complexity index is 549. The minimum atomic E-state index is -0.609. The van der Waals surface area contributed by atoms with E-state index >= 15 is 0 Å². The first kappa shape index (κ1) is 20.0. The number of methoxy groups -OCH3 is 1. The fourth-order valence-electron chi connectivity index (χ4n) is 5.75. The zero-order valence-corrected chi connectivity index (χ0v) is 16.9. The van der Waals surface area contributed by atoms with Gasteiger partial charge >= 0.3 is 0 Å². The number of hydrogen-bond donors (Lipinski definition) is 0. The van der Waals surface area contributed by atoms with E-state index in [0.29, 0.717) is 32.5 Å². The second kappa shape index (κ2) is 7.34. The monoisotopic (exact) mass is 366 g/mol. The molecular weight excluding hydrogens is 332 g/mol. The van der Waals surface area contributed by atoms with E-state index < -0.39 is 5.79 Å². The van der Waals surface area contributed by atoms with Crippen LogP contribution < -0.4 is 0 Å². The fraction of sp³-hybridized carbons (Fsp3) is 0.857. The molecule has 1 saturated carbocycles. The van der Waals surface area contributed by atoms with Crippen LogP contribution in [0.2, 0.25) is 0 Å². The molecular formula is C21H34O5. The van der Waals surface area contributed by atoms with E-state index in [1.807, 2.05) is 0 Å². The summed E-state index contributed by atoms with van der Waals surface area (Å²) in [6.07, 6.45) is 6.24. The number of carbonyl (C=O) groups is 1. The van der Waals surface area contributed by atoms with E-state index in [0.717, 1.165) is 25.5 Å². The van der Waals surface area contributed by atoms with E-state index in [1.165, 1.54) is 5.57 Å². The molecule has 2 fully saturated rings. The van der Waals surface area contributed by atoms with Gasteiger partial charge in [0.1, 0.15) is 13.1 Å². The summed E-state index contributed by atoms with van der Waals surface area (Å²) in [5.41, 5.74) is 1.25. The van der Waals surface area contributed by atoms with Crippen molar-refractivity contribution in [3.63, 3.8) is 0 Å². The van der Waals surface area contributed by atoms with E-state index in [2.05, 4.69) is 33.8 Å². The lowest BCUT2D eigenvalue weighted by molar-refractivity contribution is -0.255. The van der Waals surface area contributed by atoms with Crippen LogP contribution in [0.1, 0.15) is 47.0 Å². The third-order valence-electron chi connectivity index (χ3n) is 7.39. The molecule has 0 aromatic heterocycles. The lowest BCUT2D eigenvalue weighted by atomic mass is 9.51. The molecule has 0 radical (unpaired) electrons. The predicted octanol–water partition coefficient (Wildman–Crippen LogP) is 3.57. The minimum Gasteiger partial charge on any atom is -0.359 e. The Morgan fingerprint density at radius 1 is 1.31 bits per heavy atom. The van der Waals surface area contributed by atoms with Gasteiger partial charge in [-0.3, -0.25) is 0 Å². The molecule has 148 valence electrons. The summed E-state index contributed by atoms with van der Waals surface area (Å²) < 4.78 is 22.7. The van der Waals surface area contributed by atoms with Gasteiger partial charge in [-0.2, -0.15) is 0 Å². The largest absolute Gasteiger partial charge is 0.359 e. The van der Waals surface area contributed by atoms with E-state index in [9.17, 15) is 4.79 Å². The van der Waals surface area contributed by atoms with Crippen LogP contribution in [0, 0.1) is 28.6 Å². The first-order valence-corrected chi connectivity index (χ1v) is 9.84. The average molecular weight is 366 g/mol. The van der Waals surface area contributed by atoms with Crippen LogP contribution in [0.3, 0.4) is 0 Å². The third kappa shape index (κ3) is 2.97. The number of aldehydes is 1. The molecule has 3 rings (SSSR count). The molecule has 1 heterocycles. The quantitative estimate of drug-likeness (QED) is 0.298. The van der Waals surface area contributed by atoms with E-state index in [1.54, 1.807) is 7.11 Å². The molecule has 26 heavy (non-hydrogen) atoms. The smallest absolute Gasteiger partial charge is 0.172 e. The van der Waals surface area contributed by atoms with Gasteiger partial charge in [-0.05, 0) is 31.1 Å². The van der Waals surface area contributed by atoms with Gasteiger partial charge in [0.15, 0.2) is 5.79 Å². The summed E-state index contributed by atoms with van der Waals surface area (Å²) >= 11 is 0. The highest BCUT2D eigenvalue weighted by Crippen LogP contribution is 2.66. The molecule has 3 aliphatic rings. The molecule has 0 N–H and O–H groups in total. The maximum atomic E-state index is 12.3. The lowest BCUT2D eigenvalue weighted by Crippen LogP contribution is -2.58. The summed E-state index contributed by atoms with van der Waals surface area (Å²) in [5.74, 6) is -0.362. The molecule has 4 atom stereocenters. The number of fused-ring (bicyclic) bond motifs is 1. The van der Waals surface area contributed by atoms with Crippen molar-refractivity contribution in [3.05, 3.63) is 11.6 Å². The normalized spacial score (nSPS) is 37.6. The van der Waals surface area contributed by atoms with Gasteiger partial charge in [0.05, 0.1) is 13.2 Å². The van der Waals surface area contributed by atoms with Crippen molar-refractivity contribution in [1.29, 1.82) is 0 Å². The average Bonchev–Trinajstić information content (AvgIpc) is 3.14. The van der Waals surface area contributed by atoms with Gasteiger partial charge in [-0.1, -0.05) is 32.4 Å². The van der Waals surface area contributed by atoms with Crippen molar-refractivity contribution in [2.24, 2.45) is 28.6 Å². The zero-order valence-electron chi connectivity index (χ0n) is 16.9. The zero-order chi connectivity index (χ0) is 19.0. The number of carbonyl (C=O) groups excluding carboxylic acids is 1. The van der Waals surface area contributed by atoms with Crippen LogP contribution >= 0.6 is 0 Å². The molecule has 2 aliphatic carbocycles. The first-order chi connectivity index (χ1) is 12.3. The van der Waals surface area contributed by atoms with Crippen LogP contribution in [0.5, 0.6) is 0 Å². The molecule has 1 spiro atoms. The van der Waals surface area contributed by atoms with E-state index in [-0.39, 0.29) is 22.7 Å². The van der Waals surface area contributed by atoms with Crippen molar-refractivity contribution in [2.75, 3.05) is 33.7 Å². The van der Waals surface area contributed by atoms with Gasteiger partial charge < -0.3 is 23.7 Å². The third-order valence-corrected chi connectivity index (χ3v) is 7.39. The SMILES string of the molecule is COCOCCC[C@@]12C=C(C)C(C)(C)[C@@H]1CC1(OCCO1)[C@H](C)[C@@H]2C=O. The molecule has 1 saturated heterocycles. The van der Waals surface area contributed by atoms with Crippen molar-refractivity contribution >= 4 is 6.29 Å². The second-order valence-electron chi connectivity index (χ2n) is 8.80. The van der Waals surface area contributed by atoms with Crippen LogP contribution in [0.15, 0.2) is 11.6 Å². The highest BCUT2D eigenvalue weighted by molar-refractivity contribution is 5.59. The van der Waals surface area contributed by atoms with Crippen LogP contribution in [-0.2, 0) is 23.7 Å². The number of rotatable bonds is 7. The predicted molar refractivity (Wildman–Crippen MR) is 98.5 cm³/mol. The number of ether oxygens (including phenoxy) is 4. The first-order valence-electron chi connectivity index (χ1n) is 9.84. The molecule has 5 heteroatoms. The summed E-state index contributed by atoms with van der Waals surface area (Å²) in [6.45, 7) is 11.1. The van der Waals surface area contributed by atoms with Gasteiger partial charge in [0, 0.05) is 37.4 Å². The molecule has 0 amide bonds. The molecule has 0 unspecified atom stereocenters. The Morgan fingerprint density at radius 3 is 2.62 bits per heavy atom. The van der Waals surface area contributed by atoms with E-state index in [4.69, 9.17) is 18.9 Å². The Labute approximate surface area is 157 Å². The van der Waals surface area contributed by atoms with Crippen LogP contribution in [-0.4, -0.2) is 45.8 Å². The number of allylic oxidation sites excluding steroid dienone is 2. The highest BCUT2D eigenvalue weighted by atomic mass is 16.7. The summed E-state index contributed by atoms with van der Waals surface area (Å²) in [6, 6.07) is 0. The summed E-state index contributed by atoms with van der Waals surface area (Å²) in [5, 5.41) is 0. The van der Waals surface area contributed by atoms with Crippen molar-refractivity contribution in [2.45, 2.75) is 52.7 Å². The van der Waals surface area contributed by atoms with Gasteiger partial charge in [-0.25, -0.2) is 0 Å². The molecule has 5 nitrogen and oxygen atoms in total. The molecule has 0 bridgehead atoms. The van der Waals surface area contributed by atoms with Gasteiger partial charge in [0.2, 0.25) is 0 Å². The van der Waals surface area contributed by atoms with Gasteiger partial charge in [-0.15, -0.1) is 0 Å². The highest BCUT2D eigenvalue weighted by Gasteiger charge is 2.65. The van der Waals surface area contributed by atoms with Crippen molar-refractivity contribution in [3.8, 4) is 0 Å². The Balaban J connectivity index is 1.91. The van der Waals surface area contributed by atoms with Crippen molar-refractivity contribution in [1.82, 2.24) is 0 Å². The van der Waals surface area contributed by atoms with Gasteiger partial charge in [0.25, 0.3) is 0 Å². The maximum absolute atomic E-state index is 12.3. The maximum Gasteiger partial charge on any atom is 0.172 e. The second-order valence-corrected chi connectivity index (χ2v) is 8.80. The standard InChI is InChI=1S/C21H34O5/c1-15-11-20(7-6-8-24-14-23-5)17(13-22)16(2)21(25-9-10-26-21)12-18(20)19(15,3)4/h11,13,16-18H,6-10,12,14H2,1-5H3/t16-,17+,18+,20+/m1/s1. The van der Waals surface area contributed by atoms with Crippen molar-refractivity contribution < 1.29 is 23.7 Å². The Morgan fingerprint density at radius 2 is 2.00 bits per heavy atom. The lowest BCUT2D eigenvalue weighted by Gasteiger charge is -2.56. The number of hydrogen-bond acceptors (Lipinski definition) is 5. The molecule has 0 aromatic rings. The Hall–Kier alpha value is -0.750. The Kier molecular flexibility index (Phi) is 5.65. The fourth-order valence-corrected chi connectivity index (χ4v) is 5.75. The minimum absolute atomic E-state index is 0.0249. The molecule has 0 aromatic carbocycles. The topological polar surface area (TPSA) is 54.0 Å². The van der Waals surface area contributed by atoms with Crippen LogP contribution in [0.4, 0.5) is 0 Å². The summed E-state index contributed by atoms with van der Waals surface area (Å²) in [4.78, 5) is 12.3.